The third-order valence-electron chi connectivity index (χ3n) is 8.59. The van der Waals surface area contributed by atoms with Crippen molar-refractivity contribution in [3.8, 4) is 6.07 Å². The van der Waals surface area contributed by atoms with E-state index in [0.29, 0.717) is 38.2 Å². The summed E-state index contributed by atoms with van der Waals surface area (Å²) in [5.74, 6) is -0.433. The van der Waals surface area contributed by atoms with Crippen LogP contribution in [0, 0.1) is 17.1 Å². The van der Waals surface area contributed by atoms with Gasteiger partial charge in [0.2, 0.25) is 0 Å². The third-order valence-corrected chi connectivity index (χ3v) is 10.3. The third kappa shape index (κ3) is 7.16. The van der Waals surface area contributed by atoms with Gasteiger partial charge < -0.3 is 9.80 Å². The Bertz CT molecular complexity index is 1750. The van der Waals surface area contributed by atoms with E-state index in [9.17, 15) is 18.7 Å². The number of rotatable bonds is 9. The molecule has 1 amide bonds. The fourth-order valence-corrected chi connectivity index (χ4v) is 7.40. The molecule has 1 fully saturated rings. The summed E-state index contributed by atoms with van der Waals surface area (Å²) in [6.07, 6.45) is 3.93. The molecule has 44 heavy (non-hydrogen) atoms. The minimum Gasteiger partial charge on any atom is -0.341 e. The lowest BCUT2D eigenvalue weighted by Crippen LogP contribution is -2.36. The van der Waals surface area contributed by atoms with Gasteiger partial charge in [-0.15, -0.1) is 0 Å². The van der Waals surface area contributed by atoms with Gasteiger partial charge in [-0.25, -0.2) is 4.39 Å². The summed E-state index contributed by atoms with van der Waals surface area (Å²) in [4.78, 5) is 18.5. The van der Waals surface area contributed by atoms with Gasteiger partial charge in [0.25, 0.3) is 5.91 Å². The van der Waals surface area contributed by atoms with E-state index >= 15 is 0 Å². The number of likely N-dealkylation sites (N-methyl/N-ethyl adjacent to an activating group) is 1. The standard InChI is InChI=1S/C35H34Cl2FN3O2S/c1-40(35(42)29-19-23(21-39)18-26-6-3-4-7-28(26)29)22-27(25-10-11-30(36)31(37)20-25)14-17-41-15-12-24(13-16-41)34-32(38)8-5-9-33(34)44(2)43/h3-11,18-20,24,27H,12-17,22H2,1-2H3/t27-,44?/m1/s1. The van der Waals surface area contributed by atoms with Crippen LogP contribution in [0.15, 0.2) is 77.7 Å². The molecule has 9 heteroatoms. The smallest absolute Gasteiger partial charge is 0.254 e. The maximum Gasteiger partial charge on any atom is 0.254 e. The van der Waals surface area contributed by atoms with E-state index in [0.717, 1.165) is 55.2 Å². The van der Waals surface area contributed by atoms with E-state index in [1.165, 1.54) is 6.07 Å². The molecule has 1 saturated heterocycles. The average Bonchev–Trinajstić information content (AvgIpc) is 3.03. The number of piperidine rings is 1. The Kier molecular flexibility index (Phi) is 10.4. The highest BCUT2D eigenvalue weighted by molar-refractivity contribution is 7.84. The maximum atomic E-state index is 14.8. The van der Waals surface area contributed by atoms with Crippen molar-refractivity contribution in [1.82, 2.24) is 9.80 Å². The number of nitriles is 1. The molecule has 5 nitrogen and oxygen atoms in total. The molecule has 1 aliphatic heterocycles. The van der Waals surface area contributed by atoms with Crippen LogP contribution in [0.4, 0.5) is 4.39 Å². The van der Waals surface area contributed by atoms with E-state index < -0.39 is 10.8 Å². The van der Waals surface area contributed by atoms with Crippen LogP contribution >= 0.6 is 23.2 Å². The molecule has 0 saturated carbocycles. The van der Waals surface area contributed by atoms with Crippen molar-refractivity contribution in [2.45, 2.75) is 36.0 Å². The molecule has 0 radical (unpaired) electrons. The molecule has 228 valence electrons. The van der Waals surface area contributed by atoms with Gasteiger partial charge in [0, 0.05) is 41.8 Å². The number of amides is 1. The number of benzene rings is 4. The lowest BCUT2D eigenvalue weighted by Gasteiger charge is -2.34. The summed E-state index contributed by atoms with van der Waals surface area (Å²) in [6.45, 7) is 2.82. The number of hydrogen-bond donors (Lipinski definition) is 0. The molecule has 0 aliphatic carbocycles. The second kappa shape index (κ2) is 14.2. The van der Waals surface area contributed by atoms with Crippen LogP contribution in [0.25, 0.3) is 10.8 Å². The number of carbonyl (C=O) groups excluding carboxylic acids is 1. The number of nitrogens with zero attached hydrogens (tertiary/aromatic N) is 3. The number of carbonyl (C=O) groups is 1. The predicted octanol–water partition coefficient (Wildman–Crippen LogP) is 8.02. The molecule has 0 spiro atoms. The summed E-state index contributed by atoms with van der Waals surface area (Å²) in [5.41, 5.74) is 2.52. The molecule has 1 unspecified atom stereocenters. The zero-order valence-electron chi connectivity index (χ0n) is 24.7. The first kappa shape index (κ1) is 32.1. The number of likely N-dealkylation sites (tertiary alicyclic amines) is 1. The van der Waals surface area contributed by atoms with E-state index in [-0.39, 0.29) is 23.6 Å². The summed E-state index contributed by atoms with van der Waals surface area (Å²) in [7, 11) is 0.536. The van der Waals surface area contributed by atoms with Crippen LogP contribution in [-0.2, 0) is 10.8 Å². The molecule has 0 bridgehead atoms. The fourth-order valence-electron chi connectivity index (χ4n) is 6.25. The van der Waals surface area contributed by atoms with Gasteiger partial charge in [-0.2, -0.15) is 5.26 Å². The van der Waals surface area contributed by atoms with E-state index in [1.807, 2.05) is 36.4 Å². The van der Waals surface area contributed by atoms with Gasteiger partial charge in [0.1, 0.15) is 5.82 Å². The molecule has 1 aliphatic rings. The molecular weight excluding hydrogens is 616 g/mol. The van der Waals surface area contributed by atoms with Gasteiger partial charge in [-0.3, -0.25) is 9.00 Å². The van der Waals surface area contributed by atoms with Crippen LogP contribution < -0.4 is 0 Å². The second-order valence-electron chi connectivity index (χ2n) is 11.4. The van der Waals surface area contributed by atoms with Gasteiger partial charge in [-0.1, -0.05) is 59.6 Å². The molecule has 1 heterocycles. The monoisotopic (exact) mass is 649 g/mol. The fraction of sp³-hybridized carbons (Fsp3) is 0.314. The van der Waals surface area contributed by atoms with Gasteiger partial charge in [0.15, 0.2) is 0 Å². The molecular formula is C35H34Cl2FN3O2S. The van der Waals surface area contributed by atoms with Crippen molar-refractivity contribution in [1.29, 1.82) is 5.26 Å². The highest BCUT2D eigenvalue weighted by atomic mass is 35.5. The van der Waals surface area contributed by atoms with Crippen LogP contribution in [0.3, 0.4) is 0 Å². The van der Waals surface area contributed by atoms with E-state index in [2.05, 4.69) is 11.0 Å². The van der Waals surface area contributed by atoms with E-state index in [1.54, 1.807) is 48.5 Å². The van der Waals surface area contributed by atoms with Crippen LogP contribution in [0.2, 0.25) is 10.0 Å². The van der Waals surface area contributed by atoms with Gasteiger partial charge >= 0.3 is 0 Å². The quantitative estimate of drug-likeness (QED) is 0.184. The lowest BCUT2D eigenvalue weighted by atomic mass is 9.88. The van der Waals surface area contributed by atoms with Crippen molar-refractivity contribution in [2.75, 3.05) is 39.5 Å². The average molecular weight is 651 g/mol. The Morgan fingerprint density at radius 1 is 1.07 bits per heavy atom. The minimum absolute atomic E-state index is 0.0254. The number of hydrogen-bond acceptors (Lipinski definition) is 4. The van der Waals surface area contributed by atoms with E-state index in [4.69, 9.17) is 23.2 Å². The zero-order valence-corrected chi connectivity index (χ0v) is 27.1. The first-order valence-electron chi connectivity index (χ1n) is 14.6. The van der Waals surface area contributed by atoms with Crippen molar-refractivity contribution in [2.24, 2.45) is 0 Å². The highest BCUT2D eigenvalue weighted by Gasteiger charge is 2.27. The molecule has 5 rings (SSSR count). The van der Waals surface area contributed by atoms with Gasteiger partial charge in [0.05, 0.1) is 32.5 Å². The van der Waals surface area contributed by atoms with Crippen LogP contribution in [0.1, 0.15) is 58.1 Å². The summed E-state index contributed by atoms with van der Waals surface area (Å²) < 4.78 is 27.1. The Morgan fingerprint density at radius 3 is 2.52 bits per heavy atom. The molecule has 2 atom stereocenters. The summed E-state index contributed by atoms with van der Waals surface area (Å²) in [6, 6.07) is 23.7. The Labute approximate surface area is 270 Å². The minimum atomic E-state index is -1.25. The van der Waals surface area contributed by atoms with Crippen molar-refractivity contribution >= 4 is 50.7 Å². The normalized spacial score (nSPS) is 15.5. The molecule has 4 aromatic carbocycles. The van der Waals surface area contributed by atoms with Crippen molar-refractivity contribution in [3.05, 3.63) is 111 Å². The summed E-state index contributed by atoms with van der Waals surface area (Å²) >= 11 is 12.7. The highest BCUT2D eigenvalue weighted by Crippen LogP contribution is 2.35. The van der Waals surface area contributed by atoms with Crippen LogP contribution in [0.5, 0.6) is 0 Å². The Hall–Kier alpha value is -3.28. The topological polar surface area (TPSA) is 64.4 Å². The summed E-state index contributed by atoms with van der Waals surface area (Å²) in [5, 5.41) is 12.2. The predicted molar refractivity (Wildman–Crippen MR) is 177 cm³/mol. The first-order chi connectivity index (χ1) is 21.2. The lowest BCUT2D eigenvalue weighted by molar-refractivity contribution is 0.0783. The SMILES string of the molecule is CN(C[C@@H](CCN1CCC(c2c(F)cccc2S(C)=O)CC1)c1ccc(Cl)c(Cl)c1)C(=O)c1cc(C#N)cc2ccccc12. The maximum absolute atomic E-state index is 14.8. The molecule has 0 aromatic heterocycles. The largest absolute Gasteiger partial charge is 0.341 e. The number of fused-ring (bicyclic) bond motifs is 1. The number of halogens is 3. The van der Waals surface area contributed by atoms with Gasteiger partial charge in [-0.05, 0) is 97.5 Å². The van der Waals surface area contributed by atoms with Crippen molar-refractivity contribution < 1.29 is 13.4 Å². The Morgan fingerprint density at radius 2 is 1.82 bits per heavy atom. The Balaban J connectivity index is 1.31. The van der Waals surface area contributed by atoms with Crippen LogP contribution in [-0.4, -0.2) is 59.4 Å². The zero-order chi connectivity index (χ0) is 31.4. The molecule has 0 N–H and O–H groups in total. The first-order valence-corrected chi connectivity index (χ1v) is 16.9. The van der Waals surface area contributed by atoms with Crippen molar-refractivity contribution in [3.63, 3.8) is 0 Å². The second-order valence-corrected chi connectivity index (χ2v) is 13.6. The molecule has 4 aromatic rings.